The molecule has 0 aromatic rings. The molecule has 3 heterocycles. The molecule has 0 aromatic carbocycles. The summed E-state index contributed by atoms with van der Waals surface area (Å²) in [6, 6.07) is 10.3. The third kappa shape index (κ3) is 6.59. The van der Waals surface area contributed by atoms with Crippen LogP contribution in [-0.4, -0.2) is 69.1 Å². The number of nitriles is 1. The van der Waals surface area contributed by atoms with Gasteiger partial charge >= 0.3 is 0 Å². The lowest BCUT2D eigenvalue weighted by molar-refractivity contribution is -0.155. The summed E-state index contributed by atoms with van der Waals surface area (Å²) in [7, 11) is 0. The quantitative estimate of drug-likeness (QED) is 0.277. The average molecular weight is 805 g/mol. The number of likely N-dealkylation sites (tertiary alicyclic amines) is 3. The SMILES string of the molecule is N#CC1C(C2CCCCC2)C(N2C3CCCCC3C3CCCCC32)C(N2C3CCCCC3C3CCCCC32)C(N2C3CCCCC3C3CCCCC32)C1C1CCCCC1. The number of fused-ring (bicyclic) bond motifs is 9. The maximum atomic E-state index is 12.4. The average Bonchev–Trinajstić information content (AvgIpc) is 3.94. The molecule has 4 heteroatoms. The second-order valence-corrected chi connectivity index (χ2v) is 24.5. The predicted molar refractivity (Wildman–Crippen MR) is 241 cm³/mol. The van der Waals surface area contributed by atoms with Crippen LogP contribution >= 0.6 is 0 Å². The van der Waals surface area contributed by atoms with Gasteiger partial charge in [0.05, 0.1) is 12.0 Å². The molecule has 3 aliphatic heterocycles. The molecule has 0 amide bonds. The molecule has 12 aliphatic rings. The van der Waals surface area contributed by atoms with E-state index in [1.807, 2.05) is 0 Å². The molecule has 4 nitrogen and oxygen atoms in total. The van der Waals surface area contributed by atoms with Crippen LogP contribution in [0.1, 0.15) is 218 Å². The van der Waals surface area contributed by atoms with Gasteiger partial charge in [0.25, 0.3) is 0 Å². The fourth-order valence-corrected chi connectivity index (χ4v) is 20.9. The Hall–Kier alpha value is -0.630. The Balaban J connectivity index is 1.10. The number of hydrogen-bond donors (Lipinski definition) is 0. The van der Waals surface area contributed by atoms with Crippen molar-refractivity contribution >= 4 is 0 Å². The highest BCUT2D eigenvalue weighted by atomic mass is 15.4. The van der Waals surface area contributed by atoms with Crippen LogP contribution in [0, 0.1) is 76.4 Å². The molecule has 16 unspecified atom stereocenters. The summed E-state index contributed by atoms with van der Waals surface area (Å²) in [5, 5.41) is 12.4. The Labute approximate surface area is 362 Å². The standard InChI is InChI=1S/C55H88N4/c56-35-44-51(36-19-3-1-4-20-36)53(57-45-29-13-7-23-38(45)39-24-8-14-30-46(39)57)55(59-49-33-17-11-27-42(49)43-28-12-18-34-50(43)59)54(52(44)37-21-5-2-6-22-37)58-47-31-15-9-25-40(47)41-26-10-16-32-48(41)58/h36-55H,1-34H2. The van der Waals surface area contributed by atoms with Crippen molar-refractivity contribution in [2.75, 3.05) is 0 Å². The molecule has 3 saturated heterocycles. The lowest BCUT2D eigenvalue weighted by Gasteiger charge is -2.65. The van der Waals surface area contributed by atoms with Crippen LogP contribution in [-0.2, 0) is 0 Å². The smallest absolute Gasteiger partial charge is 0.0663 e. The molecule has 12 rings (SSSR count). The minimum Gasteiger partial charge on any atom is -0.292 e. The highest BCUT2D eigenvalue weighted by Crippen LogP contribution is 2.63. The maximum Gasteiger partial charge on any atom is 0.0663 e. The molecule has 12 fully saturated rings. The van der Waals surface area contributed by atoms with Crippen LogP contribution in [0.2, 0.25) is 0 Å². The van der Waals surface area contributed by atoms with Gasteiger partial charge in [0.2, 0.25) is 0 Å². The van der Waals surface area contributed by atoms with Crippen LogP contribution in [0.3, 0.4) is 0 Å². The maximum absolute atomic E-state index is 12.4. The van der Waals surface area contributed by atoms with Crippen molar-refractivity contribution in [3.05, 3.63) is 0 Å². The molecule has 0 radical (unpaired) electrons. The highest BCUT2D eigenvalue weighted by molar-refractivity contribution is 5.24. The van der Waals surface area contributed by atoms with E-state index in [9.17, 15) is 5.26 Å². The molecule has 16 atom stereocenters. The van der Waals surface area contributed by atoms with Gasteiger partial charge in [-0.2, -0.15) is 5.26 Å². The van der Waals surface area contributed by atoms with Crippen LogP contribution in [0.15, 0.2) is 0 Å². The summed E-state index contributed by atoms with van der Waals surface area (Å²) in [4.78, 5) is 10.7. The van der Waals surface area contributed by atoms with E-state index < -0.39 is 0 Å². The zero-order valence-corrected chi connectivity index (χ0v) is 37.9. The molecule has 0 aromatic heterocycles. The minimum atomic E-state index is 0.258. The third-order valence-corrected chi connectivity index (χ3v) is 22.5. The number of nitrogens with zero attached hydrogens (tertiary/aromatic N) is 4. The van der Waals surface area contributed by atoms with Gasteiger partial charge in [0.1, 0.15) is 0 Å². The first-order valence-corrected chi connectivity index (χ1v) is 28.0. The van der Waals surface area contributed by atoms with Gasteiger partial charge in [-0.15, -0.1) is 0 Å². The van der Waals surface area contributed by atoms with E-state index in [4.69, 9.17) is 0 Å². The molecule has 0 N–H and O–H groups in total. The Bertz CT molecular complexity index is 1330. The van der Waals surface area contributed by atoms with Crippen molar-refractivity contribution in [2.45, 2.75) is 273 Å². The van der Waals surface area contributed by atoms with Crippen LogP contribution < -0.4 is 0 Å². The molecular weight excluding hydrogens is 717 g/mol. The molecule has 9 saturated carbocycles. The van der Waals surface area contributed by atoms with Gasteiger partial charge < -0.3 is 0 Å². The van der Waals surface area contributed by atoms with Gasteiger partial charge in [-0.3, -0.25) is 14.7 Å². The summed E-state index contributed by atoms with van der Waals surface area (Å²) >= 11 is 0. The normalized spacial score (nSPS) is 51.4. The molecular formula is C55H88N4. The summed E-state index contributed by atoms with van der Waals surface area (Å²) in [6.45, 7) is 0. The van der Waals surface area contributed by atoms with E-state index in [2.05, 4.69) is 20.8 Å². The largest absolute Gasteiger partial charge is 0.292 e. The van der Waals surface area contributed by atoms with E-state index in [1.54, 1.807) is 0 Å². The van der Waals surface area contributed by atoms with E-state index in [-0.39, 0.29) is 5.92 Å². The van der Waals surface area contributed by atoms with Crippen LogP contribution in [0.4, 0.5) is 0 Å². The number of rotatable bonds is 5. The first kappa shape index (κ1) is 39.9. The highest BCUT2D eigenvalue weighted by Gasteiger charge is 2.68. The zero-order valence-electron chi connectivity index (χ0n) is 37.9. The lowest BCUT2D eigenvalue weighted by atomic mass is 9.53. The van der Waals surface area contributed by atoms with Crippen molar-refractivity contribution in [3.8, 4) is 6.07 Å². The molecule has 0 bridgehead atoms. The summed E-state index contributed by atoms with van der Waals surface area (Å²) in [6.07, 6.45) is 50.2. The van der Waals surface area contributed by atoms with Crippen LogP contribution in [0.5, 0.6) is 0 Å². The van der Waals surface area contributed by atoms with E-state index in [1.165, 1.54) is 218 Å². The van der Waals surface area contributed by atoms with Gasteiger partial charge in [-0.25, -0.2) is 0 Å². The van der Waals surface area contributed by atoms with Crippen molar-refractivity contribution in [3.63, 3.8) is 0 Å². The summed E-state index contributed by atoms with van der Waals surface area (Å²) in [5.74, 6) is 8.66. The second kappa shape index (κ2) is 17.1. The fourth-order valence-electron chi connectivity index (χ4n) is 20.9. The second-order valence-electron chi connectivity index (χ2n) is 24.5. The van der Waals surface area contributed by atoms with Crippen molar-refractivity contribution in [2.24, 2.45) is 65.1 Å². The van der Waals surface area contributed by atoms with Gasteiger partial charge in [-0.1, -0.05) is 141 Å². The van der Waals surface area contributed by atoms with Crippen LogP contribution in [0.25, 0.3) is 0 Å². The fraction of sp³-hybridized carbons (Fsp3) is 0.982. The molecule has 59 heavy (non-hydrogen) atoms. The van der Waals surface area contributed by atoms with Crippen molar-refractivity contribution < 1.29 is 0 Å². The predicted octanol–water partition coefficient (Wildman–Crippen LogP) is 12.9. The van der Waals surface area contributed by atoms with E-state index in [0.717, 1.165) is 83.6 Å². The topological polar surface area (TPSA) is 33.5 Å². The Morgan fingerprint density at radius 2 is 0.508 bits per heavy atom. The van der Waals surface area contributed by atoms with E-state index >= 15 is 0 Å². The summed E-state index contributed by atoms with van der Waals surface area (Å²) < 4.78 is 0. The molecule has 328 valence electrons. The minimum absolute atomic E-state index is 0.258. The molecule has 9 aliphatic carbocycles. The Kier molecular flexibility index (Phi) is 11.5. The van der Waals surface area contributed by atoms with Gasteiger partial charge in [-0.05, 0) is 136 Å². The first-order valence-electron chi connectivity index (χ1n) is 28.0. The molecule has 0 spiro atoms. The van der Waals surface area contributed by atoms with Crippen molar-refractivity contribution in [1.29, 1.82) is 5.26 Å². The van der Waals surface area contributed by atoms with Gasteiger partial charge in [0.15, 0.2) is 0 Å². The van der Waals surface area contributed by atoms with Gasteiger partial charge in [0, 0.05) is 54.4 Å². The first-order chi connectivity index (χ1) is 29.3. The monoisotopic (exact) mass is 805 g/mol. The lowest BCUT2D eigenvalue weighted by Crippen LogP contribution is -2.76. The van der Waals surface area contributed by atoms with E-state index in [0.29, 0.717) is 30.0 Å². The van der Waals surface area contributed by atoms with Crippen molar-refractivity contribution in [1.82, 2.24) is 14.7 Å². The summed E-state index contributed by atoms with van der Waals surface area (Å²) in [5.41, 5.74) is 0. The third-order valence-electron chi connectivity index (χ3n) is 22.5. The Morgan fingerprint density at radius 3 is 0.780 bits per heavy atom. The Morgan fingerprint density at radius 1 is 0.271 bits per heavy atom. The zero-order chi connectivity index (χ0) is 39.0. The number of hydrogen-bond acceptors (Lipinski definition) is 4.